The van der Waals surface area contributed by atoms with E-state index < -0.39 is 0 Å². The molecule has 2 N–H and O–H groups in total. The lowest BCUT2D eigenvalue weighted by atomic mass is 10.0. The molecule has 1 aromatic carbocycles. The number of benzene rings is 1. The smallest absolute Gasteiger partial charge is 0.227 e. The molecule has 3 atom stereocenters. The summed E-state index contributed by atoms with van der Waals surface area (Å²) in [4.78, 5) is 14.0. The summed E-state index contributed by atoms with van der Waals surface area (Å²) in [5.74, 6) is 0.624. The van der Waals surface area contributed by atoms with Crippen molar-refractivity contribution in [2.75, 3.05) is 7.05 Å². The van der Waals surface area contributed by atoms with Crippen LogP contribution in [0.15, 0.2) is 34.7 Å². The number of hydrogen-bond acceptors (Lipinski definition) is 3. The molecule has 0 spiro atoms. The van der Waals surface area contributed by atoms with E-state index in [0.717, 1.165) is 16.7 Å². The maximum absolute atomic E-state index is 12.3. The minimum Gasteiger partial charge on any atom is -0.459 e. The molecule has 0 bridgehead atoms. The predicted octanol–water partition coefficient (Wildman–Crippen LogP) is 3.36. The summed E-state index contributed by atoms with van der Waals surface area (Å²) >= 11 is 0. The van der Waals surface area contributed by atoms with E-state index in [1.165, 1.54) is 0 Å². The molecule has 0 aliphatic heterocycles. The number of hydrogen-bond donors (Lipinski definition) is 1. The van der Waals surface area contributed by atoms with Crippen molar-refractivity contribution in [3.05, 3.63) is 36.1 Å². The largest absolute Gasteiger partial charge is 0.459 e. The molecule has 2 rings (SSSR count). The van der Waals surface area contributed by atoms with Crippen molar-refractivity contribution in [2.24, 2.45) is 11.7 Å². The summed E-state index contributed by atoms with van der Waals surface area (Å²) in [7, 11) is 1.79. The molecule has 0 saturated carbocycles. The van der Waals surface area contributed by atoms with Gasteiger partial charge in [-0.3, -0.25) is 4.79 Å². The molecule has 3 unspecified atom stereocenters. The summed E-state index contributed by atoms with van der Waals surface area (Å²) in [6, 6.07) is 9.55. The third kappa shape index (κ3) is 3.57. The van der Waals surface area contributed by atoms with Gasteiger partial charge in [0.2, 0.25) is 5.91 Å². The minimum atomic E-state index is -0.202. The molecule has 0 aliphatic rings. The maximum atomic E-state index is 12.3. The highest BCUT2D eigenvalue weighted by Gasteiger charge is 2.26. The first kappa shape index (κ1) is 17.5. The van der Waals surface area contributed by atoms with Crippen LogP contribution >= 0.6 is 12.4 Å². The Bertz CT molecular complexity index is 576. The van der Waals surface area contributed by atoms with Gasteiger partial charge in [-0.2, -0.15) is 0 Å². The fourth-order valence-corrected chi connectivity index (χ4v) is 2.14. The zero-order chi connectivity index (χ0) is 14.9. The van der Waals surface area contributed by atoms with Gasteiger partial charge in [0, 0.05) is 18.5 Å². The number of furan rings is 1. The Morgan fingerprint density at radius 3 is 2.43 bits per heavy atom. The number of halogens is 1. The molecule has 1 amide bonds. The molecule has 21 heavy (non-hydrogen) atoms. The summed E-state index contributed by atoms with van der Waals surface area (Å²) in [6.45, 7) is 5.67. The van der Waals surface area contributed by atoms with Crippen molar-refractivity contribution in [3.63, 3.8) is 0 Å². The van der Waals surface area contributed by atoms with Gasteiger partial charge >= 0.3 is 0 Å². The van der Waals surface area contributed by atoms with E-state index in [0.29, 0.717) is 0 Å². The first-order chi connectivity index (χ1) is 9.41. The van der Waals surface area contributed by atoms with E-state index in [9.17, 15) is 4.79 Å². The van der Waals surface area contributed by atoms with Gasteiger partial charge in [-0.15, -0.1) is 12.4 Å². The van der Waals surface area contributed by atoms with Crippen molar-refractivity contribution >= 4 is 29.3 Å². The van der Waals surface area contributed by atoms with E-state index >= 15 is 0 Å². The monoisotopic (exact) mass is 310 g/mol. The van der Waals surface area contributed by atoms with Crippen LogP contribution in [0.4, 0.5) is 0 Å². The van der Waals surface area contributed by atoms with E-state index in [1.807, 2.05) is 51.1 Å². The van der Waals surface area contributed by atoms with E-state index in [2.05, 4.69) is 0 Å². The standard InChI is InChI=1S/C16H22N2O2.ClH/c1-10(11(2)17)16(19)18(4)12(3)15-9-13-7-5-6-8-14(13)20-15;/h5-12H,17H2,1-4H3;1H. The molecule has 4 nitrogen and oxygen atoms in total. The van der Waals surface area contributed by atoms with Gasteiger partial charge in [0.25, 0.3) is 0 Å². The Balaban J connectivity index is 0.00000220. The summed E-state index contributed by atoms with van der Waals surface area (Å²) in [5, 5.41) is 1.05. The minimum absolute atomic E-state index is 0. The molecule has 5 heteroatoms. The van der Waals surface area contributed by atoms with Crippen molar-refractivity contribution in [1.29, 1.82) is 0 Å². The van der Waals surface area contributed by atoms with Crippen LogP contribution in [0.3, 0.4) is 0 Å². The summed E-state index contributed by atoms with van der Waals surface area (Å²) in [5.41, 5.74) is 6.65. The van der Waals surface area contributed by atoms with E-state index in [-0.39, 0.29) is 36.3 Å². The lowest BCUT2D eigenvalue weighted by Gasteiger charge is -2.27. The zero-order valence-corrected chi connectivity index (χ0v) is 13.7. The SMILES string of the molecule is CC(N)C(C)C(=O)N(C)C(C)c1cc2ccccc2o1.Cl. The molecular weight excluding hydrogens is 288 g/mol. The van der Waals surface area contributed by atoms with Gasteiger partial charge in [-0.05, 0) is 26.0 Å². The Kier molecular flexibility index (Phi) is 5.81. The summed E-state index contributed by atoms with van der Waals surface area (Å²) in [6.07, 6.45) is 0. The number of amides is 1. The molecule has 0 saturated heterocycles. The van der Waals surface area contributed by atoms with Gasteiger partial charge < -0.3 is 15.1 Å². The average Bonchev–Trinajstić information content (AvgIpc) is 2.87. The molecular formula is C16H23ClN2O2. The quantitative estimate of drug-likeness (QED) is 0.942. The number of carbonyl (C=O) groups excluding carboxylic acids is 1. The van der Waals surface area contributed by atoms with Crippen LogP contribution in [-0.2, 0) is 4.79 Å². The number of fused-ring (bicyclic) bond motifs is 1. The van der Waals surface area contributed by atoms with Crippen molar-refractivity contribution in [3.8, 4) is 0 Å². The Morgan fingerprint density at radius 2 is 1.86 bits per heavy atom. The van der Waals surface area contributed by atoms with Crippen molar-refractivity contribution < 1.29 is 9.21 Å². The number of nitrogens with two attached hydrogens (primary N) is 1. The Labute approximate surface area is 131 Å². The second-order valence-corrected chi connectivity index (χ2v) is 5.46. The Morgan fingerprint density at radius 1 is 1.24 bits per heavy atom. The molecule has 2 aromatic rings. The van der Waals surface area contributed by atoms with E-state index in [4.69, 9.17) is 10.2 Å². The second kappa shape index (κ2) is 6.96. The number of nitrogens with zero attached hydrogens (tertiary/aromatic N) is 1. The first-order valence-electron chi connectivity index (χ1n) is 6.92. The van der Waals surface area contributed by atoms with Crippen LogP contribution in [0.1, 0.15) is 32.6 Å². The number of rotatable bonds is 4. The van der Waals surface area contributed by atoms with Gasteiger partial charge in [0.1, 0.15) is 11.3 Å². The highest BCUT2D eigenvalue weighted by molar-refractivity contribution is 5.85. The average molecular weight is 311 g/mol. The fourth-order valence-electron chi connectivity index (χ4n) is 2.14. The number of para-hydroxylation sites is 1. The fraction of sp³-hybridized carbons (Fsp3) is 0.438. The van der Waals surface area contributed by atoms with Gasteiger partial charge in [0.05, 0.1) is 12.0 Å². The van der Waals surface area contributed by atoms with Gasteiger partial charge in [-0.1, -0.05) is 25.1 Å². The van der Waals surface area contributed by atoms with Crippen molar-refractivity contribution in [1.82, 2.24) is 4.90 Å². The second-order valence-electron chi connectivity index (χ2n) is 5.46. The van der Waals surface area contributed by atoms with Crippen LogP contribution in [0, 0.1) is 5.92 Å². The third-order valence-corrected chi connectivity index (χ3v) is 3.96. The lowest BCUT2D eigenvalue weighted by molar-refractivity contribution is -0.136. The Hall–Kier alpha value is -1.52. The third-order valence-electron chi connectivity index (χ3n) is 3.96. The topological polar surface area (TPSA) is 59.5 Å². The molecule has 0 aliphatic carbocycles. The number of carbonyl (C=O) groups is 1. The van der Waals surface area contributed by atoms with Gasteiger partial charge in [-0.25, -0.2) is 0 Å². The first-order valence-corrected chi connectivity index (χ1v) is 6.92. The van der Waals surface area contributed by atoms with Crippen LogP contribution in [0.5, 0.6) is 0 Å². The maximum Gasteiger partial charge on any atom is 0.227 e. The molecule has 1 heterocycles. The van der Waals surface area contributed by atoms with Crippen molar-refractivity contribution in [2.45, 2.75) is 32.9 Å². The molecule has 116 valence electrons. The molecule has 0 fully saturated rings. The summed E-state index contributed by atoms with van der Waals surface area (Å²) < 4.78 is 5.82. The van der Waals surface area contributed by atoms with Crippen LogP contribution in [0.25, 0.3) is 11.0 Å². The normalized spacial score (nSPS) is 15.1. The van der Waals surface area contributed by atoms with Crippen LogP contribution in [0.2, 0.25) is 0 Å². The molecule has 0 radical (unpaired) electrons. The van der Waals surface area contributed by atoms with Crippen LogP contribution < -0.4 is 5.73 Å². The van der Waals surface area contributed by atoms with E-state index in [1.54, 1.807) is 11.9 Å². The predicted molar refractivity (Wildman–Crippen MR) is 87.5 cm³/mol. The van der Waals surface area contributed by atoms with Crippen LogP contribution in [-0.4, -0.2) is 23.9 Å². The highest BCUT2D eigenvalue weighted by atomic mass is 35.5. The lowest BCUT2D eigenvalue weighted by Crippen LogP contribution is -2.40. The molecule has 1 aromatic heterocycles. The highest BCUT2D eigenvalue weighted by Crippen LogP contribution is 2.27. The van der Waals surface area contributed by atoms with Gasteiger partial charge in [0.15, 0.2) is 0 Å². The zero-order valence-electron chi connectivity index (χ0n) is 12.9.